The van der Waals surface area contributed by atoms with Crippen molar-refractivity contribution in [3.8, 4) is 5.75 Å². The zero-order valence-corrected chi connectivity index (χ0v) is 11.3. The van der Waals surface area contributed by atoms with Gasteiger partial charge in [0.25, 0.3) is 0 Å². The van der Waals surface area contributed by atoms with E-state index in [0.29, 0.717) is 6.04 Å². The highest BCUT2D eigenvalue weighted by atomic mass is 35.5. The lowest BCUT2D eigenvalue weighted by Crippen LogP contribution is -2.32. The molecule has 0 amide bonds. The van der Waals surface area contributed by atoms with Crippen LogP contribution in [0.4, 0.5) is 0 Å². The van der Waals surface area contributed by atoms with Gasteiger partial charge in [0, 0.05) is 19.1 Å². The van der Waals surface area contributed by atoms with Crippen LogP contribution in [-0.4, -0.2) is 38.2 Å². The minimum Gasteiger partial charge on any atom is -0.497 e. The first-order valence-corrected chi connectivity index (χ1v) is 5.83. The smallest absolute Gasteiger partial charge is 0.118 e. The molecule has 17 heavy (non-hydrogen) atoms. The molecule has 1 unspecified atom stereocenters. The summed E-state index contributed by atoms with van der Waals surface area (Å²) in [5.41, 5.74) is 1.34. The highest BCUT2D eigenvalue weighted by Gasteiger charge is 2.18. The molecule has 1 atom stereocenters. The normalized spacial score (nSPS) is 19.1. The molecule has 0 aliphatic carbocycles. The van der Waals surface area contributed by atoms with Gasteiger partial charge in [-0.2, -0.15) is 0 Å². The van der Waals surface area contributed by atoms with Crippen LogP contribution in [0.1, 0.15) is 12.0 Å². The number of nitrogens with one attached hydrogen (secondary N) is 1. The molecule has 2 rings (SSSR count). The third-order valence-corrected chi connectivity index (χ3v) is 3.25. The fourth-order valence-corrected chi connectivity index (χ4v) is 2.16. The molecule has 0 bridgehead atoms. The van der Waals surface area contributed by atoms with Gasteiger partial charge in [-0.3, -0.25) is 4.90 Å². The zero-order chi connectivity index (χ0) is 11.4. The first-order valence-electron chi connectivity index (χ1n) is 5.83. The standard InChI is InChI=1S/C13H20N2O.ClH/c1-15(12-7-8-14-9-12)10-11-3-5-13(16-2)6-4-11;/h3-6,12,14H,7-10H2,1-2H3;1H. The SMILES string of the molecule is COc1ccc(CN(C)C2CCNC2)cc1.Cl. The predicted octanol–water partition coefficient (Wildman–Crippen LogP) is 1.91. The zero-order valence-electron chi connectivity index (χ0n) is 10.5. The summed E-state index contributed by atoms with van der Waals surface area (Å²) in [6, 6.07) is 9.00. The number of halogens is 1. The molecule has 1 heterocycles. The highest BCUT2D eigenvalue weighted by Crippen LogP contribution is 2.15. The Balaban J connectivity index is 0.00000144. The summed E-state index contributed by atoms with van der Waals surface area (Å²) in [5, 5.41) is 3.40. The largest absolute Gasteiger partial charge is 0.497 e. The first-order chi connectivity index (χ1) is 7.79. The number of rotatable bonds is 4. The summed E-state index contributed by atoms with van der Waals surface area (Å²) in [6.45, 7) is 3.28. The van der Waals surface area contributed by atoms with E-state index in [1.807, 2.05) is 12.1 Å². The van der Waals surface area contributed by atoms with E-state index in [4.69, 9.17) is 4.74 Å². The second-order valence-electron chi connectivity index (χ2n) is 4.41. The van der Waals surface area contributed by atoms with Gasteiger partial charge in [-0.15, -0.1) is 12.4 Å². The molecule has 0 spiro atoms. The van der Waals surface area contributed by atoms with Gasteiger partial charge in [0.1, 0.15) is 5.75 Å². The molecular formula is C13H21ClN2O. The number of ether oxygens (including phenoxy) is 1. The van der Waals surface area contributed by atoms with Gasteiger partial charge in [-0.25, -0.2) is 0 Å². The van der Waals surface area contributed by atoms with Crippen LogP contribution in [0.5, 0.6) is 5.75 Å². The molecule has 1 aromatic carbocycles. The molecule has 1 saturated heterocycles. The van der Waals surface area contributed by atoms with Crippen LogP contribution in [0, 0.1) is 0 Å². The van der Waals surface area contributed by atoms with E-state index < -0.39 is 0 Å². The Morgan fingerprint density at radius 1 is 1.35 bits per heavy atom. The maximum absolute atomic E-state index is 5.15. The molecule has 1 aliphatic rings. The lowest BCUT2D eigenvalue weighted by Gasteiger charge is -2.23. The molecule has 1 fully saturated rings. The van der Waals surface area contributed by atoms with E-state index >= 15 is 0 Å². The van der Waals surface area contributed by atoms with Crippen LogP contribution in [0.15, 0.2) is 24.3 Å². The van der Waals surface area contributed by atoms with Crippen molar-refractivity contribution in [2.45, 2.75) is 19.0 Å². The van der Waals surface area contributed by atoms with Crippen LogP contribution < -0.4 is 10.1 Å². The Kier molecular flexibility index (Phi) is 5.75. The van der Waals surface area contributed by atoms with Crippen molar-refractivity contribution < 1.29 is 4.74 Å². The summed E-state index contributed by atoms with van der Waals surface area (Å²) in [6.07, 6.45) is 1.26. The molecule has 4 heteroatoms. The van der Waals surface area contributed by atoms with Gasteiger partial charge in [0.05, 0.1) is 7.11 Å². The summed E-state index contributed by atoms with van der Waals surface area (Å²) >= 11 is 0. The quantitative estimate of drug-likeness (QED) is 0.891. The van der Waals surface area contributed by atoms with E-state index in [2.05, 4.69) is 29.4 Å². The Morgan fingerprint density at radius 2 is 2.06 bits per heavy atom. The third-order valence-electron chi connectivity index (χ3n) is 3.25. The number of hydrogen-bond donors (Lipinski definition) is 1. The van der Waals surface area contributed by atoms with Crippen LogP contribution in [0.3, 0.4) is 0 Å². The number of benzene rings is 1. The summed E-state index contributed by atoms with van der Waals surface area (Å²) in [4.78, 5) is 2.42. The van der Waals surface area contributed by atoms with Crippen molar-refractivity contribution >= 4 is 12.4 Å². The molecule has 96 valence electrons. The van der Waals surface area contributed by atoms with Gasteiger partial charge < -0.3 is 10.1 Å². The number of nitrogens with zero attached hydrogens (tertiary/aromatic N) is 1. The minimum atomic E-state index is 0. The van der Waals surface area contributed by atoms with Crippen LogP contribution >= 0.6 is 12.4 Å². The monoisotopic (exact) mass is 256 g/mol. The lowest BCUT2D eigenvalue weighted by atomic mass is 10.1. The van der Waals surface area contributed by atoms with Crippen molar-refractivity contribution in [3.63, 3.8) is 0 Å². The van der Waals surface area contributed by atoms with E-state index in [1.54, 1.807) is 7.11 Å². The highest BCUT2D eigenvalue weighted by molar-refractivity contribution is 5.85. The van der Waals surface area contributed by atoms with Crippen molar-refractivity contribution in [1.82, 2.24) is 10.2 Å². The van der Waals surface area contributed by atoms with E-state index in [-0.39, 0.29) is 12.4 Å². The second kappa shape index (κ2) is 6.84. The molecule has 0 aromatic heterocycles. The maximum atomic E-state index is 5.15. The number of hydrogen-bond acceptors (Lipinski definition) is 3. The van der Waals surface area contributed by atoms with Crippen LogP contribution in [-0.2, 0) is 6.54 Å². The van der Waals surface area contributed by atoms with Crippen LogP contribution in [0.2, 0.25) is 0 Å². The first kappa shape index (κ1) is 14.3. The van der Waals surface area contributed by atoms with Crippen molar-refractivity contribution in [2.75, 3.05) is 27.2 Å². The molecule has 1 aliphatic heterocycles. The van der Waals surface area contributed by atoms with Gasteiger partial charge in [-0.1, -0.05) is 12.1 Å². The van der Waals surface area contributed by atoms with E-state index in [9.17, 15) is 0 Å². The molecule has 0 saturated carbocycles. The van der Waals surface area contributed by atoms with E-state index in [1.165, 1.54) is 12.0 Å². The van der Waals surface area contributed by atoms with Crippen molar-refractivity contribution in [2.24, 2.45) is 0 Å². The third kappa shape index (κ3) is 3.87. The molecule has 1 N–H and O–H groups in total. The second-order valence-corrected chi connectivity index (χ2v) is 4.41. The van der Waals surface area contributed by atoms with E-state index in [0.717, 1.165) is 25.4 Å². The predicted molar refractivity (Wildman–Crippen MR) is 73.0 cm³/mol. The fourth-order valence-electron chi connectivity index (χ4n) is 2.16. The Labute approximate surface area is 110 Å². The molecule has 1 aromatic rings. The topological polar surface area (TPSA) is 24.5 Å². The average molecular weight is 257 g/mol. The average Bonchev–Trinajstić information content (AvgIpc) is 2.83. The lowest BCUT2D eigenvalue weighted by molar-refractivity contribution is 0.249. The number of likely N-dealkylation sites (N-methyl/N-ethyl adjacent to an activating group) is 1. The summed E-state index contributed by atoms with van der Waals surface area (Å²) < 4.78 is 5.15. The van der Waals surface area contributed by atoms with Gasteiger partial charge >= 0.3 is 0 Å². The number of methoxy groups -OCH3 is 1. The van der Waals surface area contributed by atoms with Crippen LogP contribution in [0.25, 0.3) is 0 Å². The van der Waals surface area contributed by atoms with Crippen molar-refractivity contribution in [1.29, 1.82) is 0 Å². The summed E-state index contributed by atoms with van der Waals surface area (Å²) in [5.74, 6) is 0.925. The molecular weight excluding hydrogens is 236 g/mol. The Morgan fingerprint density at radius 3 is 2.59 bits per heavy atom. The van der Waals surface area contributed by atoms with Gasteiger partial charge in [-0.05, 0) is 37.7 Å². The maximum Gasteiger partial charge on any atom is 0.118 e. The summed E-state index contributed by atoms with van der Waals surface area (Å²) in [7, 11) is 3.90. The molecule has 3 nitrogen and oxygen atoms in total. The molecule has 0 radical (unpaired) electrons. The van der Waals surface area contributed by atoms with Gasteiger partial charge in [0.2, 0.25) is 0 Å². The van der Waals surface area contributed by atoms with Crippen molar-refractivity contribution in [3.05, 3.63) is 29.8 Å². The Bertz CT molecular complexity index is 323. The van der Waals surface area contributed by atoms with Gasteiger partial charge in [0.15, 0.2) is 0 Å². The minimum absolute atomic E-state index is 0. The fraction of sp³-hybridized carbons (Fsp3) is 0.538. The Hall–Kier alpha value is -0.770.